The molecule has 6 heteroatoms. The number of aliphatic carboxylic acids is 1. The fraction of sp³-hybridized carbons (Fsp3) is 0.389. The van der Waals surface area contributed by atoms with Gasteiger partial charge in [0.1, 0.15) is 0 Å². The third kappa shape index (κ3) is 3.11. The molecule has 0 spiro atoms. The summed E-state index contributed by atoms with van der Waals surface area (Å²) in [5.41, 5.74) is -0.594. The van der Waals surface area contributed by atoms with Crippen LogP contribution < -0.4 is 0 Å². The third-order valence-corrected chi connectivity index (χ3v) is 4.28. The standard InChI is InChI=1S/C18H19F3O3/c1-10(2)12-5-6-13(14-7-4-11(3)15(14)8-12)9-17(24,16(22)23)18(19,20)21/h4-8,10,24H,9H2,1-3H3,(H,22,23). The Labute approximate surface area is 138 Å². The van der Waals surface area contributed by atoms with Gasteiger partial charge in [0.15, 0.2) is 0 Å². The van der Waals surface area contributed by atoms with Crippen molar-refractivity contribution in [2.75, 3.05) is 0 Å². The van der Waals surface area contributed by atoms with E-state index in [2.05, 4.69) is 0 Å². The number of halogens is 3. The van der Waals surface area contributed by atoms with E-state index in [1.165, 1.54) is 6.07 Å². The third-order valence-electron chi connectivity index (χ3n) is 4.28. The van der Waals surface area contributed by atoms with Gasteiger partial charge in [-0.05, 0) is 40.7 Å². The molecule has 0 saturated heterocycles. The summed E-state index contributed by atoms with van der Waals surface area (Å²) >= 11 is 0. The number of carboxylic acid groups (broad SMARTS) is 1. The minimum absolute atomic E-state index is 0.146. The predicted molar refractivity (Wildman–Crippen MR) is 84.2 cm³/mol. The molecule has 0 radical (unpaired) electrons. The van der Waals surface area contributed by atoms with Crippen molar-refractivity contribution < 1.29 is 28.2 Å². The van der Waals surface area contributed by atoms with Crippen LogP contribution >= 0.6 is 0 Å². The molecular formula is C18H19F3O3. The summed E-state index contributed by atoms with van der Waals surface area (Å²) in [4.78, 5) is 11.1. The van der Waals surface area contributed by atoms with Crippen LogP contribution in [0.4, 0.5) is 13.2 Å². The lowest BCUT2D eigenvalue weighted by Gasteiger charge is -2.26. The first-order valence-corrected chi connectivity index (χ1v) is 7.52. The Kier molecular flexibility index (Phi) is 4.63. The molecule has 2 aliphatic rings. The minimum atomic E-state index is -5.28. The summed E-state index contributed by atoms with van der Waals surface area (Å²) in [6.07, 6.45) is -6.32. The predicted octanol–water partition coefficient (Wildman–Crippen LogP) is 4.14. The normalized spacial score (nSPS) is 14.8. The van der Waals surface area contributed by atoms with Crippen LogP contribution in [0.1, 0.15) is 36.5 Å². The molecule has 24 heavy (non-hydrogen) atoms. The molecule has 2 rings (SSSR count). The van der Waals surface area contributed by atoms with Crippen molar-refractivity contribution in [1.82, 2.24) is 0 Å². The first-order valence-electron chi connectivity index (χ1n) is 7.52. The lowest BCUT2D eigenvalue weighted by atomic mass is 9.91. The maximum Gasteiger partial charge on any atom is 0.428 e. The molecule has 2 aliphatic carbocycles. The smallest absolute Gasteiger partial charge is 0.428 e. The van der Waals surface area contributed by atoms with Gasteiger partial charge in [-0.1, -0.05) is 44.2 Å². The summed E-state index contributed by atoms with van der Waals surface area (Å²) < 4.78 is 39.3. The highest BCUT2D eigenvalue weighted by Crippen LogP contribution is 2.38. The monoisotopic (exact) mass is 340 g/mol. The van der Waals surface area contributed by atoms with E-state index in [0.29, 0.717) is 5.56 Å². The second-order valence-electron chi connectivity index (χ2n) is 6.34. The minimum Gasteiger partial charge on any atom is -0.479 e. The van der Waals surface area contributed by atoms with Crippen molar-refractivity contribution in [3.8, 4) is 11.1 Å². The Morgan fingerprint density at radius 2 is 1.75 bits per heavy atom. The molecule has 2 N–H and O–H groups in total. The number of hydrogen-bond acceptors (Lipinski definition) is 2. The van der Waals surface area contributed by atoms with Crippen molar-refractivity contribution in [3.63, 3.8) is 0 Å². The second kappa shape index (κ2) is 6.09. The lowest BCUT2D eigenvalue weighted by molar-refractivity contribution is -0.259. The zero-order valence-corrected chi connectivity index (χ0v) is 13.6. The van der Waals surface area contributed by atoms with Crippen LogP contribution in [-0.2, 0) is 11.2 Å². The zero-order valence-electron chi connectivity index (χ0n) is 13.6. The number of carboxylic acids is 1. The van der Waals surface area contributed by atoms with Crippen LogP contribution in [0.15, 0.2) is 30.3 Å². The summed E-state index contributed by atoms with van der Waals surface area (Å²) in [7, 11) is 0. The van der Waals surface area contributed by atoms with Crippen molar-refractivity contribution in [2.45, 2.75) is 44.9 Å². The molecule has 1 unspecified atom stereocenters. The van der Waals surface area contributed by atoms with Gasteiger partial charge in [0.2, 0.25) is 0 Å². The van der Waals surface area contributed by atoms with Crippen molar-refractivity contribution >= 4 is 5.97 Å². The van der Waals surface area contributed by atoms with Gasteiger partial charge in [0.05, 0.1) is 0 Å². The highest BCUT2D eigenvalue weighted by atomic mass is 19.4. The fourth-order valence-corrected chi connectivity index (χ4v) is 2.66. The highest BCUT2D eigenvalue weighted by molar-refractivity contribution is 5.80. The number of aliphatic hydroxyl groups is 1. The average molecular weight is 340 g/mol. The summed E-state index contributed by atoms with van der Waals surface area (Å²) in [5, 5.41) is 18.7. The average Bonchev–Trinajstić information content (AvgIpc) is 2.70. The molecule has 130 valence electrons. The van der Waals surface area contributed by atoms with E-state index in [4.69, 9.17) is 5.11 Å². The van der Waals surface area contributed by atoms with E-state index in [0.717, 1.165) is 16.7 Å². The number of rotatable bonds is 4. The summed E-state index contributed by atoms with van der Waals surface area (Å²) in [6.45, 7) is 5.76. The van der Waals surface area contributed by atoms with Crippen LogP contribution in [0, 0.1) is 6.92 Å². The highest BCUT2D eigenvalue weighted by Gasteiger charge is 2.60. The zero-order chi connectivity index (χ0) is 18.3. The molecular weight excluding hydrogens is 321 g/mol. The van der Waals surface area contributed by atoms with E-state index < -0.39 is 24.2 Å². The van der Waals surface area contributed by atoms with Crippen molar-refractivity contribution in [1.29, 1.82) is 0 Å². The molecule has 0 amide bonds. The number of hydrogen-bond donors (Lipinski definition) is 2. The molecule has 0 saturated carbocycles. The quantitative estimate of drug-likeness (QED) is 0.879. The fourth-order valence-electron chi connectivity index (χ4n) is 2.66. The van der Waals surface area contributed by atoms with Crippen LogP contribution in [-0.4, -0.2) is 28.0 Å². The van der Waals surface area contributed by atoms with Gasteiger partial charge in [-0.3, -0.25) is 0 Å². The maximum absolute atomic E-state index is 13.1. The molecule has 0 aromatic heterocycles. The molecule has 0 fully saturated rings. The van der Waals surface area contributed by atoms with Gasteiger partial charge in [-0.25, -0.2) is 4.79 Å². The molecule has 0 aliphatic heterocycles. The van der Waals surface area contributed by atoms with Gasteiger partial charge < -0.3 is 10.2 Å². The Bertz CT molecular complexity index is 737. The topological polar surface area (TPSA) is 57.5 Å². The maximum atomic E-state index is 13.1. The van der Waals surface area contributed by atoms with E-state index >= 15 is 0 Å². The van der Waals surface area contributed by atoms with Crippen molar-refractivity contribution in [2.24, 2.45) is 0 Å². The van der Waals surface area contributed by atoms with Crippen molar-refractivity contribution in [3.05, 3.63) is 47.0 Å². The molecule has 3 nitrogen and oxygen atoms in total. The number of aryl methyl sites for hydroxylation is 1. The Balaban J connectivity index is 2.63. The molecule has 0 aromatic carbocycles. The molecule has 0 heterocycles. The van der Waals surface area contributed by atoms with Crippen LogP contribution in [0.25, 0.3) is 11.1 Å². The summed E-state index contributed by atoms with van der Waals surface area (Å²) in [5.74, 6) is -2.15. The van der Waals surface area contributed by atoms with Gasteiger partial charge in [-0.2, -0.15) is 13.2 Å². The Hall–Kier alpha value is -2.08. The molecule has 1 atom stereocenters. The van der Waals surface area contributed by atoms with E-state index in [9.17, 15) is 23.1 Å². The van der Waals surface area contributed by atoms with Gasteiger partial charge in [0.25, 0.3) is 5.60 Å². The van der Waals surface area contributed by atoms with Gasteiger partial charge in [-0.15, -0.1) is 0 Å². The van der Waals surface area contributed by atoms with E-state index in [1.807, 2.05) is 26.8 Å². The Morgan fingerprint density at radius 3 is 2.25 bits per heavy atom. The van der Waals surface area contributed by atoms with Gasteiger partial charge >= 0.3 is 12.1 Å². The first kappa shape index (κ1) is 18.3. The van der Waals surface area contributed by atoms with Crippen LogP contribution in [0.2, 0.25) is 0 Å². The van der Waals surface area contributed by atoms with Crippen LogP contribution in [0.5, 0.6) is 0 Å². The van der Waals surface area contributed by atoms with E-state index in [-0.39, 0.29) is 11.5 Å². The molecule has 0 bridgehead atoms. The molecule has 0 aromatic rings. The lowest BCUT2D eigenvalue weighted by Crippen LogP contribution is -2.53. The van der Waals surface area contributed by atoms with Crippen LogP contribution in [0.3, 0.4) is 0 Å². The number of carbonyl (C=O) groups is 1. The van der Waals surface area contributed by atoms with E-state index in [1.54, 1.807) is 18.2 Å². The SMILES string of the molecule is Cc1ccc2c(CC(O)(C(=O)O)C(F)(F)F)ccc(C(C)C)cc1-2. The largest absolute Gasteiger partial charge is 0.479 e. The van der Waals surface area contributed by atoms with Gasteiger partial charge in [0, 0.05) is 6.42 Å². The second-order valence-corrected chi connectivity index (χ2v) is 6.34. The number of fused-ring (bicyclic) bond motifs is 1. The first-order chi connectivity index (χ1) is 11.0. The summed E-state index contributed by atoms with van der Waals surface area (Å²) in [6, 6.07) is 8.47. The Morgan fingerprint density at radius 1 is 1.12 bits per heavy atom. The number of alkyl halides is 3.